The van der Waals surface area contributed by atoms with Crippen LogP contribution in [0.4, 0.5) is 11.6 Å². The maximum Gasteiger partial charge on any atom is 0.339 e. The molecule has 0 bridgehead atoms. The van der Waals surface area contributed by atoms with E-state index in [0.29, 0.717) is 40.9 Å². The molecule has 0 fully saturated rings. The van der Waals surface area contributed by atoms with Crippen LogP contribution in [0, 0.1) is 13.8 Å². The summed E-state index contributed by atoms with van der Waals surface area (Å²) in [5.41, 5.74) is 6.35. The van der Waals surface area contributed by atoms with Crippen molar-refractivity contribution in [2.24, 2.45) is 5.14 Å². The van der Waals surface area contributed by atoms with Gasteiger partial charge in [0.15, 0.2) is 23.1 Å². The Hall–Kier alpha value is -12.2. The van der Waals surface area contributed by atoms with Gasteiger partial charge in [0.1, 0.15) is 35.8 Å². The summed E-state index contributed by atoms with van der Waals surface area (Å²) in [7, 11) is -7.45. The lowest BCUT2D eigenvalue weighted by molar-refractivity contribution is -0.149. The molecule has 0 spiro atoms. The number of aromatic nitrogens is 2. The summed E-state index contributed by atoms with van der Waals surface area (Å²) < 4.78 is 58.7. The molecule has 0 saturated carbocycles. The summed E-state index contributed by atoms with van der Waals surface area (Å²) in [6, 6.07) is 40.9. The monoisotopic (exact) mass is 1450 g/mol. The van der Waals surface area contributed by atoms with Crippen LogP contribution in [0.1, 0.15) is 93.5 Å². The number of carboxylic acids is 2. The molecule has 0 atom stereocenters. The third kappa shape index (κ3) is 31.3. The number of nitrogens with zero attached hydrogens (tertiary/aromatic N) is 3. The van der Waals surface area contributed by atoms with Crippen LogP contribution in [0.2, 0.25) is 0 Å². The topological polar surface area (TPSA) is 405 Å². The van der Waals surface area contributed by atoms with Crippen LogP contribution in [0.25, 0.3) is 0 Å². The van der Waals surface area contributed by atoms with E-state index in [1.807, 2.05) is 48.5 Å². The molecule has 0 radical (unpaired) electrons. The Morgan fingerprint density at radius 2 is 0.971 bits per heavy atom. The highest BCUT2D eigenvalue weighted by Crippen LogP contribution is 2.27. The van der Waals surface area contributed by atoms with Gasteiger partial charge in [0.2, 0.25) is 16.0 Å². The number of nitrogens with two attached hydrogens (primary N) is 1. The number of aryl methyl sites for hydroxylation is 3. The van der Waals surface area contributed by atoms with E-state index in [9.17, 15) is 75.0 Å². The Bertz CT molecular complexity index is 4520. The first kappa shape index (κ1) is 85.0. The molecule has 7 aromatic rings. The van der Waals surface area contributed by atoms with Crippen molar-refractivity contribution in [3.8, 4) is 11.5 Å². The minimum atomic E-state index is -3.79. The quantitative estimate of drug-likeness (QED) is 0.0121. The van der Waals surface area contributed by atoms with Crippen LogP contribution >= 0.6 is 0 Å². The summed E-state index contributed by atoms with van der Waals surface area (Å²) in [5, 5.41) is 41.4. The second kappa shape index (κ2) is 42.0. The number of hydrogen-bond acceptors (Lipinski definition) is 20. The first-order chi connectivity index (χ1) is 48.4. The lowest BCUT2D eigenvalue weighted by Gasteiger charge is -2.14. The lowest BCUT2D eigenvalue weighted by Crippen LogP contribution is -2.29. The minimum Gasteiger partial charge on any atom is -0.507 e. The maximum atomic E-state index is 12.4. The molecule has 8 rings (SSSR count). The first-order valence-electron chi connectivity index (χ1n) is 30.9. The van der Waals surface area contributed by atoms with Crippen molar-refractivity contribution >= 4 is 90.5 Å². The van der Waals surface area contributed by atoms with Gasteiger partial charge in [-0.25, -0.2) is 55.9 Å². The summed E-state index contributed by atoms with van der Waals surface area (Å²) in [6.07, 6.45) is 8.19. The SMILES string of the molecule is C=C(C)C(=O)Cc1ccc(S(=O)(=O)Nc2nc(C)cc(C)n2)cc1.C=C(C)C(=O)Cc1ccc(S(N)(=O)=O)cc1.C=C(C)C(=O)OCCOC(=O)Cc1ccc(C(=O)O)c(O)c1.C=CC(=O)CCCc1ccccc1.C=CC(=O)Cc1ccccc1.O=C(O)c1ccc(N2C(=O)C=CC2=O)cc1O. The molecule has 0 saturated heterocycles. The normalized spacial score (nSPS) is 11.0. The van der Waals surface area contributed by atoms with E-state index in [0.717, 1.165) is 58.7 Å². The number of imide groups is 1. The van der Waals surface area contributed by atoms with Crippen LogP contribution in [0.15, 0.2) is 235 Å². The molecule has 7 N–H and O–H groups in total. The summed E-state index contributed by atoms with van der Waals surface area (Å²) in [5.74, 6) is -5.58. The van der Waals surface area contributed by atoms with Crippen molar-refractivity contribution in [2.45, 2.75) is 89.4 Å². The van der Waals surface area contributed by atoms with Gasteiger partial charge in [-0.1, -0.05) is 124 Å². The molecule has 0 unspecified atom stereocenters. The Morgan fingerprint density at radius 1 is 0.534 bits per heavy atom. The number of allylic oxidation sites excluding steroid dienone is 4. The van der Waals surface area contributed by atoms with Crippen LogP contribution in [0.5, 0.6) is 11.5 Å². The van der Waals surface area contributed by atoms with Crippen molar-refractivity contribution in [2.75, 3.05) is 22.8 Å². The van der Waals surface area contributed by atoms with E-state index in [2.05, 4.69) is 59.7 Å². The van der Waals surface area contributed by atoms with Crippen molar-refractivity contribution < 1.29 is 94.7 Å². The van der Waals surface area contributed by atoms with Crippen molar-refractivity contribution in [1.29, 1.82) is 0 Å². The number of phenols is 2. The predicted molar refractivity (Wildman–Crippen MR) is 386 cm³/mol. The molecule has 103 heavy (non-hydrogen) atoms. The van der Waals surface area contributed by atoms with Gasteiger partial charge in [0, 0.05) is 60.9 Å². The molecule has 6 aromatic carbocycles. The van der Waals surface area contributed by atoms with Crippen LogP contribution < -0.4 is 14.8 Å². The van der Waals surface area contributed by atoms with Gasteiger partial charge in [-0.15, -0.1) is 0 Å². The first-order valence-corrected chi connectivity index (χ1v) is 33.9. The fraction of sp³-hybridized carbons (Fsp3) is 0.184. The molecule has 2 heterocycles. The smallest absolute Gasteiger partial charge is 0.339 e. The second-order valence-corrected chi connectivity index (χ2v) is 25.6. The molecule has 2 amide bonds. The number of benzene rings is 6. The highest BCUT2D eigenvalue weighted by Gasteiger charge is 2.26. The van der Waals surface area contributed by atoms with E-state index in [-0.39, 0.29) is 93.7 Å². The van der Waals surface area contributed by atoms with Crippen LogP contribution in [-0.4, -0.2) is 119 Å². The Balaban J connectivity index is 0.000000327. The number of aromatic carboxylic acids is 2. The number of ether oxygens (including phenoxy) is 2. The predicted octanol–water partition coefficient (Wildman–Crippen LogP) is 10.2. The number of nitrogens with one attached hydrogen (secondary N) is 1. The number of aromatic hydroxyl groups is 2. The maximum absolute atomic E-state index is 12.4. The standard InChI is InChI=1S/C17H19N3O3S.C15H16O7.C12H14O.C11H7NO5.C11H13NO3S.C10H10O/c1-11(2)16(21)10-14-5-7-15(8-6-14)24(22,23)20-17-18-12(3)9-13(4)19-17;1-9(2)15(20)22-6-5-21-13(17)8-10-3-4-11(14(18)19)12(16)7-10;1-2-12(13)10-6-9-11-7-4-3-5-8-11;13-8-5-6(1-2-7(8)11(16)17)12-9(14)3-4-10(12)15;1-8(2)11(13)7-9-3-5-10(6-4-9)16(12,14)15;1-2-10(11)8-9-6-4-3-5-7-9/h5-9H,1,10H2,2-4H3,(H,18,19,20);3-4,7,16H,1,5-6,8H2,2H3,(H,18,19);2-5,7-8H,1,6,9-10H2;1-5,13H,(H,16,17);3-6H,1,7H2,2H3,(H2,12,14,15);2-7H,1,8H2. The van der Waals surface area contributed by atoms with Crippen molar-refractivity contribution in [1.82, 2.24) is 9.97 Å². The van der Waals surface area contributed by atoms with E-state index >= 15 is 0 Å². The number of carbonyl (C=O) groups excluding carboxylic acids is 8. The number of anilines is 2. The van der Waals surface area contributed by atoms with Crippen molar-refractivity contribution in [3.63, 3.8) is 0 Å². The Morgan fingerprint density at radius 3 is 1.41 bits per heavy atom. The Kier molecular flexibility index (Phi) is 34.7. The molecule has 27 heteroatoms. The number of esters is 2. The molecule has 0 aliphatic carbocycles. The van der Waals surface area contributed by atoms with E-state index < -0.39 is 67.2 Å². The van der Waals surface area contributed by atoms with Gasteiger partial charge in [-0.05, 0) is 153 Å². The summed E-state index contributed by atoms with van der Waals surface area (Å²) in [4.78, 5) is 121. The summed E-state index contributed by atoms with van der Waals surface area (Å²) in [6.45, 7) is 25.5. The van der Waals surface area contributed by atoms with E-state index in [1.165, 1.54) is 73.2 Å². The number of primary sulfonamides is 1. The molecule has 1 aliphatic heterocycles. The number of sulfonamides is 2. The molecule has 540 valence electrons. The van der Waals surface area contributed by atoms with Crippen LogP contribution in [-0.2, 0) is 100.0 Å². The Labute approximate surface area is 596 Å². The minimum absolute atomic E-state index is 0.0361. The average Bonchev–Trinajstić information content (AvgIpc) is 1.70. The molecule has 1 aromatic heterocycles. The number of Topliss-reactive ketones (excluding diaryl/α,β-unsaturated/α-hetero) is 2. The van der Waals surface area contributed by atoms with Gasteiger partial charge in [0.25, 0.3) is 21.8 Å². The van der Waals surface area contributed by atoms with E-state index in [1.54, 1.807) is 58.0 Å². The zero-order chi connectivity index (χ0) is 77.1. The molecule has 25 nitrogen and oxygen atoms in total. The third-order valence-electron chi connectivity index (χ3n) is 13.6. The second-order valence-electron chi connectivity index (χ2n) is 22.3. The molecular weight excluding hydrogens is 1370 g/mol. The van der Waals surface area contributed by atoms with Gasteiger partial charge >= 0.3 is 23.9 Å². The van der Waals surface area contributed by atoms with Gasteiger partial charge in [-0.3, -0.25) is 33.6 Å². The fourth-order valence-electron chi connectivity index (χ4n) is 8.28. The number of carboxylic acid groups (broad SMARTS) is 2. The van der Waals surface area contributed by atoms with Gasteiger partial charge in [0.05, 0.1) is 21.9 Å². The third-order valence-corrected chi connectivity index (χ3v) is 15.9. The zero-order valence-electron chi connectivity index (χ0n) is 57.2. The number of amides is 2. The zero-order valence-corrected chi connectivity index (χ0v) is 58.8. The van der Waals surface area contributed by atoms with Crippen LogP contribution in [0.3, 0.4) is 0 Å². The highest BCUT2D eigenvalue weighted by atomic mass is 32.2. The number of carbonyl (C=O) groups is 10. The molecular formula is C76H79N5O20S2. The largest absolute Gasteiger partial charge is 0.507 e. The number of ketones is 4. The molecule has 1 aliphatic rings. The number of rotatable bonds is 27. The van der Waals surface area contributed by atoms with Gasteiger partial charge in [-0.2, -0.15) is 0 Å². The fourth-order valence-corrected chi connectivity index (χ4v) is 9.74. The van der Waals surface area contributed by atoms with E-state index in [4.69, 9.17) is 24.8 Å². The number of hydrogen-bond donors (Lipinski definition) is 6. The lowest BCUT2D eigenvalue weighted by atomic mass is 10.1. The average molecular weight is 1450 g/mol. The van der Waals surface area contributed by atoms with Gasteiger partial charge < -0.3 is 29.9 Å². The highest BCUT2D eigenvalue weighted by molar-refractivity contribution is 7.92. The van der Waals surface area contributed by atoms with Crippen molar-refractivity contribution in [3.05, 3.63) is 276 Å². The summed E-state index contributed by atoms with van der Waals surface area (Å²) >= 11 is 0.